The monoisotopic (exact) mass is 190 g/mol. The third kappa shape index (κ3) is 6.98. The summed E-state index contributed by atoms with van der Waals surface area (Å²) in [6.45, 7) is 6.14. The molecule has 4 heteroatoms. The maximum atomic E-state index is 4.95. The quantitative estimate of drug-likeness (QED) is 0.363. The van der Waals surface area contributed by atoms with Gasteiger partial charge in [-0.2, -0.15) is 0 Å². The van der Waals surface area contributed by atoms with Crippen molar-refractivity contribution in [3.63, 3.8) is 0 Å². The molecule has 0 aromatic carbocycles. The molecule has 0 unspecified atom stereocenters. The summed E-state index contributed by atoms with van der Waals surface area (Å²) in [4.78, 5) is 0. The van der Waals surface area contributed by atoms with Crippen LogP contribution in [0.3, 0.4) is 0 Å². The van der Waals surface area contributed by atoms with Gasteiger partial charge < -0.3 is 9.31 Å². The van der Waals surface area contributed by atoms with Gasteiger partial charge in [0.2, 0.25) is 0 Å². The van der Waals surface area contributed by atoms with Crippen LogP contribution in [0.2, 0.25) is 0 Å². The van der Waals surface area contributed by atoms with Gasteiger partial charge in [0.15, 0.2) is 0 Å². The van der Waals surface area contributed by atoms with Gasteiger partial charge in [-0.05, 0) is 39.7 Å². The molecule has 0 saturated carbocycles. The van der Waals surface area contributed by atoms with Gasteiger partial charge in [0, 0.05) is 0 Å². The van der Waals surface area contributed by atoms with E-state index in [0.29, 0.717) is 0 Å². The fourth-order valence-corrected chi connectivity index (χ4v) is 1.01. The molecule has 0 aliphatic carbocycles. The Morgan fingerprint density at radius 1 is 1.21 bits per heavy atom. The Morgan fingerprint density at radius 2 is 1.79 bits per heavy atom. The number of allylic oxidation sites excluding steroid dienone is 3. The van der Waals surface area contributed by atoms with E-state index < -0.39 is 6.29 Å². The van der Waals surface area contributed by atoms with Gasteiger partial charge in [0.05, 0.1) is 0 Å². The van der Waals surface area contributed by atoms with Crippen LogP contribution in [0.1, 0.15) is 33.6 Å². The molecule has 0 saturated heterocycles. The van der Waals surface area contributed by atoms with Crippen molar-refractivity contribution in [3.8, 4) is 0 Å². The van der Waals surface area contributed by atoms with Crippen LogP contribution < -0.4 is 0 Å². The smallest absolute Gasteiger partial charge is 0.286 e. The van der Waals surface area contributed by atoms with Crippen LogP contribution in [0.5, 0.6) is 0 Å². The largest absolute Gasteiger partial charge is 0.423 e. The molecule has 0 aliphatic rings. The molecule has 0 rings (SSSR count). The lowest BCUT2D eigenvalue weighted by Crippen LogP contribution is -2.11. The first-order valence-electron chi connectivity index (χ1n) is 4.62. The van der Waals surface area contributed by atoms with Crippen molar-refractivity contribution in [1.82, 2.24) is 0 Å². The van der Waals surface area contributed by atoms with E-state index in [-0.39, 0.29) is 0 Å². The highest BCUT2D eigenvalue weighted by molar-refractivity contribution is 5.99. The molecule has 14 heavy (non-hydrogen) atoms. The Balaban J connectivity index is 3.93. The van der Waals surface area contributed by atoms with Gasteiger partial charge in [-0.3, -0.25) is 0 Å². The SMILES string of the molecule is [B]OC(C=C(C)CCC=C(C)C)O[B]. The van der Waals surface area contributed by atoms with Crippen molar-refractivity contribution >= 4 is 16.1 Å². The number of rotatable bonds is 6. The third-order valence-corrected chi connectivity index (χ3v) is 1.78. The van der Waals surface area contributed by atoms with Crippen molar-refractivity contribution in [1.29, 1.82) is 0 Å². The van der Waals surface area contributed by atoms with Crippen LogP contribution in [0.4, 0.5) is 0 Å². The van der Waals surface area contributed by atoms with E-state index in [2.05, 4.69) is 29.2 Å². The summed E-state index contributed by atoms with van der Waals surface area (Å²) in [5.74, 6) is 0. The van der Waals surface area contributed by atoms with Crippen molar-refractivity contribution in [2.75, 3.05) is 0 Å². The van der Waals surface area contributed by atoms with Crippen molar-refractivity contribution in [3.05, 3.63) is 23.3 Å². The van der Waals surface area contributed by atoms with E-state index in [1.807, 2.05) is 6.92 Å². The molecule has 0 atom stereocenters. The van der Waals surface area contributed by atoms with E-state index in [9.17, 15) is 0 Å². The molecule has 0 aromatic heterocycles. The third-order valence-electron chi connectivity index (χ3n) is 1.78. The average Bonchev–Trinajstić information content (AvgIpc) is 2.13. The molecular formula is C10H16B2O2. The normalized spacial score (nSPS) is 11.9. The lowest BCUT2D eigenvalue weighted by atomic mass is 10.1. The molecule has 0 amide bonds. The second kappa shape index (κ2) is 7.89. The van der Waals surface area contributed by atoms with E-state index >= 15 is 0 Å². The van der Waals surface area contributed by atoms with Gasteiger partial charge in [-0.15, -0.1) is 0 Å². The Bertz CT molecular complexity index is 204. The van der Waals surface area contributed by atoms with Crippen LogP contribution in [0, 0.1) is 0 Å². The number of hydrogen-bond donors (Lipinski definition) is 0. The molecule has 0 aliphatic heterocycles. The molecule has 4 radical (unpaired) electrons. The first-order chi connectivity index (χ1) is 6.60. The minimum atomic E-state index is -0.651. The fraction of sp³-hybridized carbons (Fsp3) is 0.600. The zero-order chi connectivity index (χ0) is 11.0. The van der Waals surface area contributed by atoms with Gasteiger partial charge >= 0.3 is 0 Å². The second-order valence-corrected chi connectivity index (χ2v) is 3.47. The molecule has 0 spiro atoms. The molecule has 0 aromatic rings. The minimum Gasteiger partial charge on any atom is -0.423 e. The summed E-state index contributed by atoms with van der Waals surface area (Å²) in [6, 6.07) is 0. The van der Waals surface area contributed by atoms with Crippen LogP contribution in [-0.4, -0.2) is 22.4 Å². The number of hydrogen-bond acceptors (Lipinski definition) is 2. The highest BCUT2D eigenvalue weighted by Gasteiger charge is 1.99. The molecule has 2 nitrogen and oxygen atoms in total. The van der Waals surface area contributed by atoms with Crippen LogP contribution in [-0.2, 0) is 9.31 Å². The lowest BCUT2D eigenvalue weighted by molar-refractivity contribution is 0.0633. The van der Waals surface area contributed by atoms with Gasteiger partial charge in [-0.1, -0.05) is 17.2 Å². The first kappa shape index (κ1) is 13.5. The Kier molecular flexibility index (Phi) is 7.62. The Labute approximate surface area is 89.2 Å². The molecule has 0 N–H and O–H groups in total. The summed E-state index contributed by atoms with van der Waals surface area (Å²) >= 11 is 0. The molecule has 0 bridgehead atoms. The maximum absolute atomic E-state index is 4.95. The van der Waals surface area contributed by atoms with Crippen LogP contribution in [0.15, 0.2) is 23.3 Å². The second-order valence-electron chi connectivity index (χ2n) is 3.47. The van der Waals surface area contributed by atoms with Crippen LogP contribution >= 0.6 is 0 Å². The van der Waals surface area contributed by atoms with Gasteiger partial charge in [0.25, 0.3) is 16.1 Å². The van der Waals surface area contributed by atoms with Crippen molar-refractivity contribution in [2.24, 2.45) is 0 Å². The minimum absolute atomic E-state index is 0.651. The van der Waals surface area contributed by atoms with Gasteiger partial charge in [0.1, 0.15) is 6.29 Å². The predicted octanol–water partition coefficient (Wildman–Crippen LogP) is 2.21. The van der Waals surface area contributed by atoms with E-state index in [1.165, 1.54) is 5.57 Å². The lowest BCUT2D eigenvalue weighted by Gasteiger charge is -2.11. The summed E-state index contributed by atoms with van der Waals surface area (Å²) < 4.78 is 8.92. The Morgan fingerprint density at radius 3 is 2.21 bits per heavy atom. The van der Waals surface area contributed by atoms with E-state index in [0.717, 1.165) is 18.4 Å². The van der Waals surface area contributed by atoms with Crippen LogP contribution in [0.25, 0.3) is 0 Å². The van der Waals surface area contributed by atoms with E-state index in [1.54, 1.807) is 6.08 Å². The highest BCUT2D eigenvalue weighted by Crippen LogP contribution is 2.08. The van der Waals surface area contributed by atoms with Crippen molar-refractivity contribution < 1.29 is 9.31 Å². The molecule has 0 fully saturated rings. The predicted molar refractivity (Wildman–Crippen MR) is 59.9 cm³/mol. The topological polar surface area (TPSA) is 18.5 Å². The summed E-state index contributed by atoms with van der Waals surface area (Å²) in [5.41, 5.74) is 2.46. The summed E-state index contributed by atoms with van der Waals surface area (Å²) in [5, 5.41) is 0. The standard InChI is InChI=1S/C10H16B2O2/c1-8(2)5-4-6-9(3)7-10(13-11)14-12/h5,7,10H,4,6H2,1-3H3. The summed E-state index contributed by atoms with van der Waals surface area (Å²) in [7, 11) is 9.89. The first-order valence-corrected chi connectivity index (χ1v) is 4.62. The van der Waals surface area contributed by atoms with Crippen molar-refractivity contribution in [2.45, 2.75) is 39.9 Å². The van der Waals surface area contributed by atoms with Gasteiger partial charge in [-0.25, -0.2) is 0 Å². The zero-order valence-electron chi connectivity index (χ0n) is 9.12. The molecular weight excluding hydrogens is 174 g/mol. The molecule has 74 valence electrons. The van der Waals surface area contributed by atoms with E-state index in [4.69, 9.17) is 16.1 Å². The zero-order valence-corrected chi connectivity index (χ0v) is 9.12. The maximum Gasteiger partial charge on any atom is 0.286 e. The molecule has 0 heterocycles. The average molecular weight is 190 g/mol. The fourth-order valence-electron chi connectivity index (χ4n) is 1.01. The summed E-state index contributed by atoms with van der Waals surface area (Å²) in [6.07, 6.45) is 5.25. The highest BCUT2D eigenvalue weighted by atomic mass is 16.6. The Hall–Kier alpha value is -0.470.